The SMILES string of the molecule is Cc1nn(CC(=O)NCCc2ccccc2)c(=O)c2noc(C)c12. The van der Waals surface area contributed by atoms with Crippen molar-refractivity contribution in [2.75, 3.05) is 6.54 Å². The van der Waals surface area contributed by atoms with Crippen molar-refractivity contribution in [3.63, 3.8) is 0 Å². The van der Waals surface area contributed by atoms with Gasteiger partial charge in [-0.25, -0.2) is 4.68 Å². The first-order valence-electron chi connectivity index (χ1n) is 7.70. The van der Waals surface area contributed by atoms with Gasteiger partial charge in [0.25, 0.3) is 5.56 Å². The number of benzene rings is 1. The minimum Gasteiger partial charge on any atom is -0.360 e. The van der Waals surface area contributed by atoms with Gasteiger partial charge in [0.05, 0.1) is 11.1 Å². The van der Waals surface area contributed by atoms with Gasteiger partial charge in [-0.1, -0.05) is 35.5 Å². The number of hydrogen-bond acceptors (Lipinski definition) is 5. The molecule has 0 aliphatic carbocycles. The minimum absolute atomic E-state index is 0.143. The summed E-state index contributed by atoms with van der Waals surface area (Å²) < 4.78 is 6.17. The van der Waals surface area contributed by atoms with Gasteiger partial charge in [-0.05, 0) is 25.8 Å². The number of amides is 1. The molecule has 1 amide bonds. The van der Waals surface area contributed by atoms with E-state index in [0.717, 1.165) is 16.7 Å². The molecular weight excluding hydrogens is 308 g/mol. The van der Waals surface area contributed by atoms with Crippen LogP contribution in [0.2, 0.25) is 0 Å². The van der Waals surface area contributed by atoms with Crippen molar-refractivity contribution in [1.82, 2.24) is 20.3 Å². The highest BCUT2D eigenvalue weighted by Crippen LogP contribution is 2.16. The molecule has 0 bridgehead atoms. The fourth-order valence-electron chi connectivity index (χ4n) is 2.63. The molecule has 3 rings (SSSR count). The van der Waals surface area contributed by atoms with Crippen molar-refractivity contribution in [1.29, 1.82) is 0 Å². The molecule has 24 heavy (non-hydrogen) atoms. The Bertz CT molecular complexity index is 928. The zero-order valence-electron chi connectivity index (χ0n) is 13.6. The molecule has 2 aromatic heterocycles. The van der Waals surface area contributed by atoms with Crippen LogP contribution in [0.15, 0.2) is 39.6 Å². The molecule has 0 aliphatic rings. The lowest BCUT2D eigenvalue weighted by atomic mass is 10.1. The summed E-state index contributed by atoms with van der Waals surface area (Å²) in [5.74, 6) is 0.283. The van der Waals surface area contributed by atoms with E-state index >= 15 is 0 Å². The summed E-state index contributed by atoms with van der Waals surface area (Å²) >= 11 is 0. The molecule has 0 fully saturated rings. The standard InChI is InChI=1S/C17H18N4O3/c1-11-15-12(2)24-20-16(15)17(23)21(19-11)10-14(22)18-9-8-13-6-4-3-5-7-13/h3-7H,8-10H2,1-2H3,(H,18,22). The number of aromatic nitrogens is 3. The van der Waals surface area contributed by atoms with E-state index < -0.39 is 5.56 Å². The van der Waals surface area contributed by atoms with Crippen molar-refractivity contribution in [3.8, 4) is 0 Å². The summed E-state index contributed by atoms with van der Waals surface area (Å²) in [5.41, 5.74) is 1.53. The average Bonchev–Trinajstić information content (AvgIpc) is 2.96. The molecule has 0 unspecified atom stereocenters. The molecule has 3 aromatic rings. The van der Waals surface area contributed by atoms with Gasteiger partial charge >= 0.3 is 0 Å². The van der Waals surface area contributed by atoms with E-state index in [1.54, 1.807) is 13.8 Å². The highest BCUT2D eigenvalue weighted by molar-refractivity contribution is 5.82. The largest absolute Gasteiger partial charge is 0.360 e. The Morgan fingerprint density at radius 3 is 2.75 bits per heavy atom. The Hall–Kier alpha value is -2.96. The van der Waals surface area contributed by atoms with E-state index in [-0.39, 0.29) is 18.0 Å². The van der Waals surface area contributed by atoms with Crippen LogP contribution in [-0.2, 0) is 17.8 Å². The highest BCUT2D eigenvalue weighted by atomic mass is 16.5. The number of rotatable bonds is 5. The third-order valence-electron chi connectivity index (χ3n) is 3.80. The Morgan fingerprint density at radius 2 is 2.00 bits per heavy atom. The van der Waals surface area contributed by atoms with Gasteiger partial charge in [0.1, 0.15) is 12.3 Å². The van der Waals surface area contributed by atoms with E-state index in [1.165, 1.54) is 0 Å². The maximum atomic E-state index is 12.3. The molecule has 7 nitrogen and oxygen atoms in total. The van der Waals surface area contributed by atoms with Gasteiger partial charge in [-0.15, -0.1) is 0 Å². The number of aryl methyl sites for hydroxylation is 2. The zero-order chi connectivity index (χ0) is 17.1. The molecule has 7 heteroatoms. The smallest absolute Gasteiger partial charge is 0.297 e. The summed E-state index contributed by atoms with van der Waals surface area (Å²) in [4.78, 5) is 24.4. The van der Waals surface area contributed by atoms with Crippen LogP contribution in [0.5, 0.6) is 0 Å². The number of carbonyl (C=O) groups is 1. The molecule has 0 spiro atoms. The van der Waals surface area contributed by atoms with Gasteiger partial charge in [-0.2, -0.15) is 5.10 Å². The van der Waals surface area contributed by atoms with E-state index in [2.05, 4.69) is 15.6 Å². The van der Waals surface area contributed by atoms with E-state index in [1.807, 2.05) is 30.3 Å². The summed E-state index contributed by atoms with van der Waals surface area (Å²) in [7, 11) is 0. The number of fused-ring (bicyclic) bond motifs is 1. The predicted octanol–water partition coefficient (Wildman–Crippen LogP) is 1.36. The summed E-state index contributed by atoms with van der Waals surface area (Å²) in [5, 5.41) is 11.4. The van der Waals surface area contributed by atoms with Crippen molar-refractivity contribution in [2.45, 2.75) is 26.8 Å². The molecule has 124 valence electrons. The van der Waals surface area contributed by atoms with Crippen LogP contribution in [0.3, 0.4) is 0 Å². The quantitative estimate of drug-likeness (QED) is 0.764. The van der Waals surface area contributed by atoms with E-state index in [9.17, 15) is 9.59 Å². The lowest BCUT2D eigenvalue weighted by molar-refractivity contribution is -0.121. The number of nitrogens with zero attached hydrogens (tertiary/aromatic N) is 3. The molecule has 1 aromatic carbocycles. The Labute approximate surface area is 138 Å². The second kappa shape index (κ2) is 6.66. The van der Waals surface area contributed by atoms with Gasteiger partial charge in [0, 0.05) is 6.54 Å². The second-order valence-electron chi connectivity index (χ2n) is 5.60. The Balaban J connectivity index is 1.67. The van der Waals surface area contributed by atoms with E-state index in [0.29, 0.717) is 23.4 Å². The van der Waals surface area contributed by atoms with Crippen LogP contribution in [-0.4, -0.2) is 27.4 Å². The second-order valence-corrected chi connectivity index (χ2v) is 5.60. The molecule has 0 atom stereocenters. The third kappa shape index (κ3) is 3.19. The topological polar surface area (TPSA) is 90.0 Å². The summed E-state index contributed by atoms with van der Waals surface area (Å²) in [6, 6.07) is 9.87. The number of nitrogens with one attached hydrogen (secondary N) is 1. The molecule has 0 saturated carbocycles. The van der Waals surface area contributed by atoms with Crippen LogP contribution in [0.4, 0.5) is 0 Å². The van der Waals surface area contributed by atoms with Gasteiger partial charge in [0.15, 0.2) is 5.52 Å². The summed E-state index contributed by atoms with van der Waals surface area (Å²) in [6.45, 7) is 3.85. The molecule has 2 heterocycles. The molecule has 0 radical (unpaired) electrons. The number of carbonyl (C=O) groups excluding carboxylic acids is 1. The van der Waals surface area contributed by atoms with Crippen LogP contribution in [0.25, 0.3) is 10.9 Å². The van der Waals surface area contributed by atoms with Crippen molar-refractivity contribution in [2.24, 2.45) is 0 Å². The summed E-state index contributed by atoms with van der Waals surface area (Å²) in [6.07, 6.45) is 0.732. The Kier molecular flexibility index (Phi) is 4.41. The van der Waals surface area contributed by atoms with E-state index in [4.69, 9.17) is 4.52 Å². The van der Waals surface area contributed by atoms with Crippen molar-refractivity contribution < 1.29 is 9.32 Å². The predicted molar refractivity (Wildman–Crippen MR) is 88.7 cm³/mol. The zero-order valence-corrected chi connectivity index (χ0v) is 13.6. The first-order valence-corrected chi connectivity index (χ1v) is 7.70. The molecular formula is C17H18N4O3. The molecule has 0 saturated heterocycles. The fraction of sp³-hybridized carbons (Fsp3) is 0.294. The first-order chi connectivity index (χ1) is 11.6. The van der Waals surface area contributed by atoms with Crippen LogP contribution in [0, 0.1) is 13.8 Å². The number of hydrogen-bond donors (Lipinski definition) is 1. The highest BCUT2D eigenvalue weighted by Gasteiger charge is 2.16. The monoisotopic (exact) mass is 326 g/mol. The molecule has 0 aliphatic heterocycles. The van der Waals surface area contributed by atoms with Crippen molar-refractivity contribution in [3.05, 3.63) is 57.7 Å². The van der Waals surface area contributed by atoms with Gasteiger partial charge < -0.3 is 9.84 Å². The normalized spacial score (nSPS) is 10.9. The van der Waals surface area contributed by atoms with Crippen molar-refractivity contribution >= 4 is 16.8 Å². The molecule has 1 N–H and O–H groups in total. The van der Waals surface area contributed by atoms with Crippen LogP contribution in [0.1, 0.15) is 17.0 Å². The first kappa shape index (κ1) is 15.9. The van der Waals surface area contributed by atoms with Crippen LogP contribution >= 0.6 is 0 Å². The maximum Gasteiger partial charge on any atom is 0.297 e. The lowest BCUT2D eigenvalue weighted by Gasteiger charge is -2.07. The van der Waals surface area contributed by atoms with Gasteiger partial charge in [0.2, 0.25) is 5.91 Å². The fourth-order valence-corrected chi connectivity index (χ4v) is 2.63. The third-order valence-corrected chi connectivity index (χ3v) is 3.80. The van der Waals surface area contributed by atoms with Gasteiger partial charge in [-0.3, -0.25) is 9.59 Å². The average molecular weight is 326 g/mol. The van der Waals surface area contributed by atoms with Crippen LogP contribution < -0.4 is 10.9 Å². The Morgan fingerprint density at radius 1 is 1.25 bits per heavy atom. The maximum absolute atomic E-state index is 12.3. The lowest BCUT2D eigenvalue weighted by Crippen LogP contribution is -2.35. The minimum atomic E-state index is -0.425.